The van der Waals surface area contributed by atoms with Crippen molar-refractivity contribution < 1.29 is 0 Å². The number of nitrogens with two attached hydrogens (primary N) is 1. The average molecular weight is 307 g/mol. The van der Waals surface area contributed by atoms with Gasteiger partial charge in [0.25, 0.3) is 0 Å². The van der Waals surface area contributed by atoms with E-state index >= 15 is 0 Å². The van der Waals surface area contributed by atoms with Crippen LogP contribution < -0.4 is 5.73 Å². The van der Waals surface area contributed by atoms with E-state index in [1.165, 1.54) is 11.3 Å². The summed E-state index contributed by atoms with van der Waals surface area (Å²) in [4.78, 5) is 1.14. The van der Waals surface area contributed by atoms with Gasteiger partial charge in [0.1, 0.15) is 0 Å². The van der Waals surface area contributed by atoms with Crippen molar-refractivity contribution in [2.45, 2.75) is 12.5 Å². The summed E-state index contributed by atoms with van der Waals surface area (Å²) in [6.45, 7) is 0. The average Bonchev–Trinajstić information content (AvgIpc) is 2.68. The second-order valence-electron chi connectivity index (χ2n) is 3.66. The first-order valence-electron chi connectivity index (χ1n) is 5.01. The highest BCUT2D eigenvalue weighted by atomic mass is 35.5. The van der Waals surface area contributed by atoms with Crippen LogP contribution in [-0.4, -0.2) is 0 Å². The lowest BCUT2D eigenvalue weighted by Gasteiger charge is -2.13. The topological polar surface area (TPSA) is 26.0 Å². The molecule has 0 fully saturated rings. The Morgan fingerprint density at radius 2 is 1.88 bits per heavy atom. The Labute approximate surface area is 119 Å². The number of thiophene rings is 1. The molecule has 0 spiro atoms. The van der Waals surface area contributed by atoms with Crippen LogP contribution in [0.2, 0.25) is 14.4 Å². The Kier molecular flexibility index (Phi) is 4.34. The van der Waals surface area contributed by atoms with Crippen LogP contribution in [0.4, 0.5) is 0 Å². The van der Waals surface area contributed by atoms with Crippen molar-refractivity contribution in [1.82, 2.24) is 0 Å². The van der Waals surface area contributed by atoms with E-state index in [1.807, 2.05) is 24.3 Å². The molecule has 0 saturated heterocycles. The minimum Gasteiger partial charge on any atom is -0.324 e. The molecule has 2 rings (SSSR count). The highest BCUT2D eigenvalue weighted by molar-refractivity contribution is 7.16. The van der Waals surface area contributed by atoms with E-state index in [2.05, 4.69) is 0 Å². The third-order valence-corrected chi connectivity index (χ3v) is 4.52. The maximum Gasteiger partial charge on any atom is 0.0931 e. The lowest BCUT2D eigenvalue weighted by atomic mass is 10.0. The molecule has 0 aliphatic carbocycles. The zero-order valence-electron chi connectivity index (χ0n) is 8.79. The molecule has 2 aromatic rings. The summed E-state index contributed by atoms with van der Waals surface area (Å²) < 4.78 is 0.768. The second-order valence-corrected chi connectivity index (χ2v) is 6.24. The normalized spacial score (nSPS) is 12.7. The van der Waals surface area contributed by atoms with Crippen LogP contribution in [0.15, 0.2) is 30.3 Å². The Morgan fingerprint density at radius 3 is 2.53 bits per heavy atom. The van der Waals surface area contributed by atoms with E-state index in [0.29, 0.717) is 16.5 Å². The summed E-state index contributed by atoms with van der Waals surface area (Å²) in [6, 6.07) is 9.18. The first-order valence-corrected chi connectivity index (χ1v) is 6.96. The van der Waals surface area contributed by atoms with Crippen LogP contribution in [0.1, 0.15) is 16.5 Å². The molecule has 0 aliphatic heterocycles. The van der Waals surface area contributed by atoms with Crippen LogP contribution >= 0.6 is 46.1 Å². The van der Waals surface area contributed by atoms with Crippen LogP contribution in [0, 0.1) is 0 Å². The van der Waals surface area contributed by atoms with E-state index in [9.17, 15) is 0 Å². The monoisotopic (exact) mass is 305 g/mol. The third kappa shape index (κ3) is 3.15. The molecule has 1 aromatic carbocycles. The van der Waals surface area contributed by atoms with E-state index in [0.717, 1.165) is 14.8 Å². The van der Waals surface area contributed by atoms with Crippen molar-refractivity contribution in [3.8, 4) is 0 Å². The van der Waals surface area contributed by atoms with Crippen LogP contribution in [0.5, 0.6) is 0 Å². The van der Waals surface area contributed by atoms with Crippen molar-refractivity contribution in [2.75, 3.05) is 0 Å². The number of benzene rings is 1. The standard InChI is InChI=1S/C12H10Cl3NS/c13-9-3-1-2-8(12(9)15)10(16)6-7-4-5-11(14)17-7/h1-5,10H,6,16H2. The van der Waals surface area contributed by atoms with Gasteiger partial charge in [-0.3, -0.25) is 0 Å². The van der Waals surface area contributed by atoms with Gasteiger partial charge in [-0.2, -0.15) is 0 Å². The van der Waals surface area contributed by atoms with Crippen molar-refractivity contribution in [3.63, 3.8) is 0 Å². The van der Waals surface area contributed by atoms with Gasteiger partial charge in [-0.15, -0.1) is 11.3 Å². The summed E-state index contributed by atoms with van der Waals surface area (Å²) in [5.74, 6) is 0. The molecule has 1 heterocycles. The van der Waals surface area contributed by atoms with Gasteiger partial charge in [0, 0.05) is 17.3 Å². The highest BCUT2D eigenvalue weighted by Gasteiger charge is 2.13. The van der Waals surface area contributed by atoms with Gasteiger partial charge in [-0.05, 0) is 23.8 Å². The van der Waals surface area contributed by atoms with Crippen LogP contribution in [0.3, 0.4) is 0 Å². The van der Waals surface area contributed by atoms with Crippen molar-refractivity contribution in [1.29, 1.82) is 0 Å². The first kappa shape index (κ1) is 13.2. The Hall–Kier alpha value is -0.250. The fourth-order valence-electron chi connectivity index (χ4n) is 1.59. The van der Waals surface area contributed by atoms with Crippen molar-refractivity contribution in [3.05, 3.63) is 55.2 Å². The lowest BCUT2D eigenvalue weighted by molar-refractivity contribution is 0.730. The van der Waals surface area contributed by atoms with E-state index in [4.69, 9.17) is 40.5 Å². The Bertz CT molecular complexity index is 524. The van der Waals surface area contributed by atoms with Gasteiger partial charge in [0.15, 0.2) is 0 Å². The van der Waals surface area contributed by atoms with Gasteiger partial charge in [-0.25, -0.2) is 0 Å². The van der Waals surface area contributed by atoms with Gasteiger partial charge < -0.3 is 5.73 Å². The Morgan fingerprint density at radius 1 is 1.12 bits per heavy atom. The first-order chi connectivity index (χ1) is 8.08. The number of rotatable bonds is 3. The molecule has 1 nitrogen and oxygen atoms in total. The number of hydrogen-bond donors (Lipinski definition) is 1. The van der Waals surface area contributed by atoms with Crippen LogP contribution in [0.25, 0.3) is 0 Å². The third-order valence-electron chi connectivity index (χ3n) is 2.43. The van der Waals surface area contributed by atoms with Crippen LogP contribution in [-0.2, 0) is 6.42 Å². The SMILES string of the molecule is NC(Cc1ccc(Cl)s1)c1cccc(Cl)c1Cl. The Balaban J connectivity index is 2.20. The molecule has 17 heavy (non-hydrogen) atoms. The number of halogens is 3. The summed E-state index contributed by atoms with van der Waals surface area (Å²) in [7, 11) is 0. The molecule has 90 valence electrons. The molecule has 2 N–H and O–H groups in total. The van der Waals surface area contributed by atoms with E-state index in [-0.39, 0.29) is 6.04 Å². The smallest absolute Gasteiger partial charge is 0.0931 e. The maximum atomic E-state index is 6.13. The molecule has 0 radical (unpaired) electrons. The molecule has 0 aliphatic rings. The summed E-state index contributed by atoms with van der Waals surface area (Å²) in [5.41, 5.74) is 6.99. The molecule has 1 unspecified atom stereocenters. The fraction of sp³-hybridized carbons (Fsp3) is 0.167. The summed E-state index contributed by atoms with van der Waals surface area (Å²) in [5, 5.41) is 1.06. The molecule has 0 saturated carbocycles. The predicted molar refractivity (Wildman–Crippen MR) is 76.4 cm³/mol. The van der Waals surface area contributed by atoms with Gasteiger partial charge in [0.2, 0.25) is 0 Å². The zero-order valence-corrected chi connectivity index (χ0v) is 11.9. The lowest BCUT2D eigenvalue weighted by Crippen LogP contribution is -2.13. The maximum absolute atomic E-state index is 6.13. The molecule has 1 atom stereocenters. The minimum atomic E-state index is -0.170. The van der Waals surface area contributed by atoms with Crippen molar-refractivity contribution >= 4 is 46.1 Å². The highest BCUT2D eigenvalue weighted by Crippen LogP contribution is 2.32. The summed E-state index contributed by atoms with van der Waals surface area (Å²) >= 11 is 19.5. The molecule has 1 aromatic heterocycles. The summed E-state index contributed by atoms with van der Waals surface area (Å²) in [6.07, 6.45) is 0.706. The van der Waals surface area contributed by atoms with Crippen molar-refractivity contribution in [2.24, 2.45) is 5.73 Å². The van der Waals surface area contributed by atoms with E-state index in [1.54, 1.807) is 6.07 Å². The molecular weight excluding hydrogens is 297 g/mol. The second kappa shape index (κ2) is 5.59. The van der Waals surface area contributed by atoms with E-state index < -0.39 is 0 Å². The largest absolute Gasteiger partial charge is 0.324 e. The molecule has 0 bridgehead atoms. The number of hydrogen-bond acceptors (Lipinski definition) is 2. The quantitative estimate of drug-likeness (QED) is 0.853. The molecular formula is C12H10Cl3NS. The van der Waals surface area contributed by atoms with Gasteiger partial charge in [-0.1, -0.05) is 46.9 Å². The zero-order chi connectivity index (χ0) is 12.4. The van der Waals surface area contributed by atoms with Gasteiger partial charge >= 0.3 is 0 Å². The molecule has 5 heteroatoms. The minimum absolute atomic E-state index is 0.170. The van der Waals surface area contributed by atoms with Gasteiger partial charge in [0.05, 0.1) is 14.4 Å². The fourth-order valence-corrected chi connectivity index (χ4v) is 3.19. The molecule has 0 amide bonds. The predicted octanol–water partition coefficient (Wildman–Crippen LogP) is 4.95.